The Bertz CT molecular complexity index is 1090. The van der Waals surface area contributed by atoms with Gasteiger partial charge < -0.3 is 5.32 Å². The molecule has 0 radical (unpaired) electrons. The standard InChI is InChI=1S/C21H12Cl2N2O3/c22-15-9-5-10-16(23)18(15)24-19(26)14-8-3-4-11-17(14)25-20(27)12-6-1-2-7-13(12)21(25)28/h1-11H,(H,24,26). The quantitative estimate of drug-likeness (QED) is 0.614. The molecule has 4 rings (SSSR count). The summed E-state index contributed by atoms with van der Waals surface area (Å²) in [6, 6.07) is 17.8. The summed E-state index contributed by atoms with van der Waals surface area (Å²) in [6.07, 6.45) is 0. The van der Waals surface area contributed by atoms with Gasteiger partial charge in [-0.2, -0.15) is 0 Å². The first kappa shape index (κ1) is 18.2. The van der Waals surface area contributed by atoms with E-state index in [1.165, 1.54) is 6.07 Å². The maximum atomic E-state index is 12.9. The summed E-state index contributed by atoms with van der Waals surface area (Å²) in [5.41, 5.74) is 1.20. The average molecular weight is 411 g/mol. The Morgan fingerprint density at radius 3 is 1.89 bits per heavy atom. The molecule has 0 atom stereocenters. The van der Waals surface area contributed by atoms with Gasteiger partial charge in [0.25, 0.3) is 17.7 Å². The number of rotatable bonds is 3. The van der Waals surface area contributed by atoms with Crippen molar-refractivity contribution in [2.45, 2.75) is 0 Å². The molecule has 1 aliphatic heterocycles. The zero-order valence-corrected chi connectivity index (χ0v) is 15.8. The van der Waals surface area contributed by atoms with Gasteiger partial charge in [0.15, 0.2) is 0 Å². The fraction of sp³-hybridized carbons (Fsp3) is 0. The van der Waals surface area contributed by atoms with Crippen molar-refractivity contribution >= 4 is 52.3 Å². The van der Waals surface area contributed by atoms with E-state index in [4.69, 9.17) is 23.2 Å². The second-order valence-corrected chi connectivity index (χ2v) is 6.87. The number of benzene rings is 3. The summed E-state index contributed by atoms with van der Waals surface area (Å²) in [7, 11) is 0. The molecule has 0 aliphatic carbocycles. The minimum atomic E-state index is -0.540. The minimum absolute atomic E-state index is 0.146. The van der Waals surface area contributed by atoms with E-state index < -0.39 is 17.7 Å². The number of nitrogens with one attached hydrogen (secondary N) is 1. The molecule has 0 aromatic heterocycles. The number of hydrogen-bond acceptors (Lipinski definition) is 3. The Balaban J connectivity index is 1.74. The molecule has 1 aliphatic rings. The molecule has 1 N–H and O–H groups in total. The van der Waals surface area contributed by atoms with Crippen molar-refractivity contribution in [3.63, 3.8) is 0 Å². The van der Waals surface area contributed by atoms with Crippen LogP contribution in [0.15, 0.2) is 66.7 Å². The van der Waals surface area contributed by atoms with Gasteiger partial charge in [0.2, 0.25) is 0 Å². The van der Waals surface area contributed by atoms with Crippen molar-refractivity contribution in [2.24, 2.45) is 0 Å². The van der Waals surface area contributed by atoms with Gasteiger partial charge in [-0.25, -0.2) is 4.90 Å². The molecule has 7 heteroatoms. The second kappa shape index (κ2) is 7.11. The van der Waals surface area contributed by atoms with E-state index in [1.807, 2.05) is 0 Å². The summed E-state index contributed by atoms with van der Waals surface area (Å²) in [6.45, 7) is 0. The predicted octanol–water partition coefficient (Wildman–Crippen LogP) is 5.05. The lowest BCUT2D eigenvalue weighted by Crippen LogP contribution is -2.31. The van der Waals surface area contributed by atoms with E-state index in [9.17, 15) is 14.4 Å². The lowest BCUT2D eigenvalue weighted by Gasteiger charge is -2.18. The molecule has 5 nitrogen and oxygen atoms in total. The van der Waals surface area contributed by atoms with E-state index in [0.29, 0.717) is 11.1 Å². The number of amides is 3. The molecular weight excluding hydrogens is 399 g/mol. The summed E-state index contributed by atoms with van der Waals surface area (Å²) in [5.74, 6) is -1.49. The summed E-state index contributed by atoms with van der Waals surface area (Å²) >= 11 is 12.2. The number of nitrogens with zero attached hydrogens (tertiary/aromatic N) is 1. The highest BCUT2D eigenvalue weighted by atomic mass is 35.5. The smallest absolute Gasteiger partial charge is 0.266 e. The van der Waals surface area contributed by atoms with E-state index in [0.717, 1.165) is 4.90 Å². The Kier molecular flexibility index (Phi) is 4.63. The fourth-order valence-electron chi connectivity index (χ4n) is 3.07. The van der Waals surface area contributed by atoms with Crippen LogP contribution >= 0.6 is 23.2 Å². The molecule has 0 saturated carbocycles. The van der Waals surface area contributed by atoms with Gasteiger partial charge in [0.1, 0.15) is 0 Å². The van der Waals surface area contributed by atoms with E-state index >= 15 is 0 Å². The summed E-state index contributed by atoms with van der Waals surface area (Å²) in [4.78, 5) is 39.5. The molecule has 28 heavy (non-hydrogen) atoms. The number of imide groups is 1. The average Bonchev–Trinajstić information content (AvgIpc) is 2.95. The van der Waals surface area contributed by atoms with Crippen LogP contribution in [0.25, 0.3) is 0 Å². The van der Waals surface area contributed by atoms with Crippen molar-refractivity contribution in [1.82, 2.24) is 0 Å². The number of para-hydroxylation sites is 2. The molecule has 0 saturated heterocycles. The van der Waals surface area contributed by atoms with Crippen LogP contribution in [0.3, 0.4) is 0 Å². The van der Waals surface area contributed by atoms with E-state index in [-0.39, 0.29) is 27.0 Å². The van der Waals surface area contributed by atoms with Crippen LogP contribution < -0.4 is 10.2 Å². The summed E-state index contributed by atoms with van der Waals surface area (Å²) < 4.78 is 0. The van der Waals surface area contributed by atoms with Crippen LogP contribution in [0.4, 0.5) is 11.4 Å². The van der Waals surface area contributed by atoms with Crippen molar-refractivity contribution < 1.29 is 14.4 Å². The highest BCUT2D eigenvalue weighted by Gasteiger charge is 2.38. The van der Waals surface area contributed by atoms with Crippen molar-refractivity contribution in [3.05, 3.63) is 93.5 Å². The first-order valence-electron chi connectivity index (χ1n) is 8.31. The zero-order chi connectivity index (χ0) is 19.8. The molecule has 3 aromatic rings. The van der Waals surface area contributed by atoms with Crippen molar-refractivity contribution in [3.8, 4) is 0 Å². The third-order valence-electron chi connectivity index (χ3n) is 4.38. The number of anilines is 2. The molecule has 1 heterocycles. The third kappa shape index (κ3) is 2.95. The van der Waals surface area contributed by atoms with Gasteiger partial charge in [-0.05, 0) is 36.4 Å². The molecule has 138 valence electrons. The Morgan fingerprint density at radius 1 is 0.750 bits per heavy atom. The Morgan fingerprint density at radius 2 is 1.29 bits per heavy atom. The van der Waals surface area contributed by atoms with E-state index in [2.05, 4.69) is 5.32 Å². The monoisotopic (exact) mass is 410 g/mol. The van der Waals surface area contributed by atoms with Gasteiger partial charge in [-0.15, -0.1) is 0 Å². The normalized spacial score (nSPS) is 12.9. The molecule has 0 spiro atoms. The van der Waals surface area contributed by atoms with Gasteiger partial charge in [0.05, 0.1) is 38.1 Å². The molecule has 0 unspecified atom stereocenters. The van der Waals surface area contributed by atoms with Crippen LogP contribution in [0, 0.1) is 0 Å². The van der Waals surface area contributed by atoms with Crippen molar-refractivity contribution in [1.29, 1.82) is 0 Å². The molecular formula is C21H12Cl2N2O3. The minimum Gasteiger partial charge on any atom is -0.319 e. The van der Waals surface area contributed by atoms with Crippen LogP contribution in [-0.4, -0.2) is 17.7 Å². The van der Waals surface area contributed by atoms with Gasteiger partial charge in [-0.3, -0.25) is 14.4 Å². The summed E-state index contributed by atoms with van der Waals surface area (Å²) in [5, 5.41) is 3.21. The van der Waals surface area contributed by atoms with E-state index in [1.54, 1.807) is 60.7 Å². The number of halogens is 2. The first-order valence-corrected chi connectivity index (χ1v) is 9.07. The van der Waals surface area contributed by atoms with Crippen LogP contribution in [0.1, 0.15) is 31.1 Å². The van der Waals surface area contributed by atoms with Gasteiger partial charge in [-0.1, -0.05) is 53.5 Å². The highest BCUT2D eigenvalue weighted by molar-refractivity contribution is 6.40. The number of carbonyl (C=O) groups is 3. The number of hydrogen-bond donors (Lipinski definition) is 1. The number of fused-ring (bicyclic) bond motifs is 1. The van der Waals surface area contributed by atoms with Crippen LogP contribution in [0.5, 0.6) is 0 Å². The van der Waals surface area contributed by atoms with Crippen LogP contribution in [-0.2, 0) is 0 Å². The third-order valence-corrected chi connectivity index (χ3v) is 5.01. The lowest BCUT2D eigenvalue weighted by molar-refractivity contribution is 0.0926. The molecule has 3 amide bonds. The Labute approximate surface area is 170 Å². The highest BCUT2D eigenvalue weighted by Crippen LogP contribution is 2.33. The maximum absolute atomic E-state index is 12.9. The predicted molar refractivity (Wildman–Crippen MR) is 108 cm³/mol. The van der Waals surface area contributed by atoms with Crippen molar-refractivity contribution in [2.75, 3.05) is 10.2 Å². The largest absolute Gasteiger partial charge is 0.319 e. The Hall–Kier alpha value is -3.15. The molecule has 0 fully saturated rings. The van der Waals surface area contributed by atoms with Crippen LogP contribution in [0.2, 0.25) is 10.0 Å². The second-order valence-electron chi connectivity index (χ2n) is 6.06. The topological polar surface area (TPSA) is 66.5 Å². The molecule has 3 aromatic carbocycles. The SMILES string of the molecule is O=C(Nc1c(Cl)cccc1Cl)c1ccccc1N1C(=O)c2ccccc2C1=O. The lowest BCUT2D eigenvalue weighted by atomic mass is 10.1. The van der Waals surface area contributed by atoms with Gasteiger partial charge >= 0.3 is 0 Å². The first-order chi connectivity index (χ1) is 13.5. The maximum Gasteiger partial charge on any atom is 0.266 e. The zero-order valence-electron chi connectivity index (χ0n) is 14.3. The van der Waals surface area contributed by atoms with Gasteiger partial charge in [0, 0.05) is 0 Å². The fourth-order valence-corrected chi connectivity index (χ4v) is 3.56. The molecule has 0 bridgehead atoms. The number of carbonyl (C=O) groups excluding carboxylic acids is 3.